The van der Waals surface area contributed by atoms with Crippen molar-refractivity contribution in [3.63, 3.8) is 0 Å². The van der Waals surface area contributed by atoms with E-state index in [4.69, 9.17) is 5.11 Å². The van der Waals surface area contributed by atoms with E-state index in [1.54, 1.807) is 30.3 Å². The number of ether oxygens (including phenoxy) is 1. The molecule has 0 aliphatic carbocycles. The lowest BCUT2D eigenvalue weighted by Gasteiger charge is -2.15. The lowest BCUT2D eigenvalue weighted by Crippen LogP contribution is -2.43. The fraction of sp³-hybridized carbons (Fsp3) is 0.429. The lowest BCUT2D eigenvalue weighted by molar-refractivity contribution is -0.160. The molecule has 1 atom stereocenters. The summed E-state index contributed by atoms with van der Waals surface area (Å²) in [5.41, 5.74) is 0.621. The van der Waals surface area contributed by atoms with Crippen LogP contribution < -0.4 is 5.32 Å². The number of halogens is 3. The van der Waals surface area contributed by atoms with Gasteiger partial charge in [-0.25, -0.2) is 9.59 Å². The average molecular weight is 321 g/mol. The topological polar surface area (TPSA) is 75.6 Å². The molecule has 5 nitrogen and oxygen atoms in total. The lowest BCUT2D eigenvalue weighted by atomic mass is 10.1. The molecule has 0 aliphatic heterocycles. The standard InChI is InChI=1S/C12H12F3NO4.C2H6/c13-12(14,15)7-20-11(19)16-9(10(17)18)6-8-4-2-1-3-5-8;1-2/h1-5,9H,6-7H2,(H,16,19)(H,17,18);1-2H3/t9-;/m0./s1. The Hall–Kier alpha value is -2.25. The van der Waals surface area contributed by atoms with Gasteiger partial charge >= 0.3 is 18.2 Å². The molecule has 0 fully saturated rings. The molecular formula is C14H18F3NO4. The Balaban J connectivity index is 0.00000211. The second kappa shape index (κ2) is 9.64. The Morgan fingerprint density at radius 1 is 1.23 bits per heavy atom. The number of hydrogen-bond acceptors (Lipinski definition) is 3. The van der Waals surface area contributed by atoms with Crippen molar-refractivity contribution in [3.8, 4) is 0 Å². The molecule has 0 aliphatic rings. The normalized spacial score (nSPS) is 11.7. The molecule has 0 bridgehead atoms. The van der Waals surface area contributed by atoms with Crippen LogP contribution in [0.3, 0.4) is 0 Å². The summed E-state index contributed by atoms with van der Waals surface area (Å²) >= 11 is 0. The number of amides is 1. The van der Waals surface area contributed by atoms with Crippen LogP contribution in [0, 0.1) is 0 Å². The molecule has 0 aromatic heterocycles. The fourth-order valence-electron chi connectivity index (χ4n) is 1.38. The van der Waals surface area contributed by atoms with Crippen LogP contribution >= 0.6 is 0 Å². The van der Waals surface area contributed by atoms with Crippen molar-refractivity contribution in [1.29, 1.82) is 0 Å². The molecule has 1 rings (SSSR count). The van der Waals surface area contributed by atoms with E-state index in [1.165, 1.54) is 0 Å². The van der Waals surface area contributed by atoms with Gasteiger partial charge in [0.15, 0.2) is 6.61 Å². The molecule has 8 heteroatoms. The Labute approximate surface area is 126 Å². The monoisotopic (exact) mass is 321 g/mol. The smallest absolute Gasteiger partial charge is 0.422 e. The molecule has 0 unspecified atom stereocenters. The van der Waals surface area contributed by atoms with Gasteiger partial charge in [-0.3, -0.25) is 0 Å². The number of carbonyl (C=O) groups is 2. The first-order valence-corrected chi connectivity index (χ1v) is 6.54. The molecule has 2 N–H and O–H groups in total. The van der Waals surface area contributed by atoms with E-state index in [1.807, 2.05) is 19.2 Å². The molecule has 22 heavy (non-hydrogen) atoms. The van der Waals surface area contributed by atoms with Crippen LogP contribution in [0.25, 0.3) is 0 Å². The van der Waals surface area contributed by atoms with Crippen LogP contribution in [0.15, 0.2) is 30.3 Å². The third-order valence-electron chi connectivity index (χ3n) is 2.24. The maximum Gasteiger partial charge on any atom is 0.422 e. The molecule has 0 radical (unpaired) electrons. The molecule has 0 spiro atoms. The summed E-state index contributed by atoms with van der Waals surface area (Å²) in [5, 5.41) is 10.8. The number of rotatable bonds is 5. The van der Waals surface area contributed by atoms with Crippen molar-refractivity contribution in [3.05, 3.63) is 35.9 Å². The van der Waals surface area contributed by atoms with Crippen LogP contribution in [0.1, 0.15) is 19.4 Å². The van der Waals surface area contributed by atoms with Gasteiger partial charge in [0.25, 0.3) is 0 Å². The molecule has 1 amide bonds. The first-order valence-electron chi connectivity index (χ1n) is 6.54. The zero-order chi connectivity index (χ0) is 17.2. The third kappa shape index (κ3) is 8.83. The van der Waals surface area contributed by atoms with Gasteiger partial charge < -0.3 is 15.2 Å². The number of benzene rings is 1. The number of hydrogen-bond donors (Lipinski definition) is 2. The zero-order valence-corrected chi connectivity index (χ0v) is 12.2. The number of carboxylic acid groups (broad SMARTS) is 1. The highest BCUT2D eigenvalue weighted by Gasteiger charge is 2.30. The summed E-state index contributed by atoms with van der Waals surface area (Å²) in [7, 11) is 0. The van der Waals surface area contributed by atoms with Crippen LogP contribution in [-0.4, -0.2) is 36.0 Å². The summed E-state index contributed by atoms with van der Waals surface area (Å²) in [4.78, 5) is 22.0. The SMILES string of the molecule is CC.O=C(N[C@@H](Cc1ccccc1)C(=O)O)OCC(F)(F)F. The van der Waals surface area contributed by atoms with Gasteiger partial charge in [-0.15, -0.1) is 0 Å². The van der Waals surface area contributed by atoms with E-state index < -0.39 is 30.9 Å². The van der Waals surface area contributed by atoms with Gasteiger partial charge in [0.1, 0.15) is 6.04 Å². The third-order valence-corrected chi connectivity index (χ3v) is 2.24. The van der Waals surface area contributed by atoms with Crippen LogP contribution in [0.5, 0.6) is 0 Å². The van der Waals surface area contributed by atoms with Crippen LogP contribution in [0.2, 0.25) is 0 Å². The minimum Gasteiger partial charge on any atom is -0.480 e. The van der Waals surface area contributed by atoms with Gasteiger partial charge in [0.05, 0.1) is 0 Å². The Bertz CT molecular complexity index is 463. The highest BCUT2D eigenvalue weighted by Crippen LogP contribution is 2.14. The van der Waals surface area contributed by atoms with Gasteiger partial charge in [-0.1, -0.05) is 44.2 Å². The number of alkyl halides is 3. The van der Waals surface area contributed by atoms with Crippen LogP contribution in [0.4, 0.5) is 18.0 Å². The van der Waals surface area contributed by atoms with E-state index in [9.17, 15) is 22.8 Å². The summed E-state index contributed by atoms with van der Waals surface area (Å²) < 4.78 is 39.4. The second-order valence-electron chi connectivity index (χ2n) is 3.92. The summed E-state index contributed by atoms with van der Waals surface area (Å²) in [6, 6.07) is 6.99. The van der Waals surface area contributed by atoms with Crippen molar-refractivity contribution in [2.45, 2.75) is 32.5 Å². The predicted octanol–water partition coefficient (Wildman–Crippen LogP) is 3.00. The minimum absolute atomic E-state index is 0.0582. The van der Waals surface area contributed by atoms with Crippen molar-refractivity contribution >= 4 is 12.1 Å². The van der Waals surface area contributed by atoms with Crippen molar-refractivity contribution < 1.29 is 32.6 Å². The molecule has 0 saturated carbocycles. The van der Waals surface area contributed by atoms with Gasteiger partial charge in [-0.05, 0) is 5.56 Å². The highest BCUT2D eigenvalue weighted by molar-refractivity contribution is 5.80. The van der Waals surface area contributed by atoms with E-state index >= 15 is 0 Å². The van der Waals surface area contributed by atoms with E-state index in [-0.39, 0.29) is 6.42 Å². The van der Waals surface area contributed by atoms with Crippen molar-refractivity contribution in [1.82, 2.24) is 5.32 Å². The number of aliphatic carboxylic acids is 1. The van der Waals surface area contributed by atoms with Gasteiger partial charge in [0, 0.05) is 6.42 Å². The Morgan fingerprint density at radius 2 is 1.77 bits per heavy atom. The van der Waals surface area contributed by atoms with Gasteiger partial charge in [-0.2, -0.15) is 13.2 Å². The maximum absolute atomic E-state index is 11.8. The van der Waals surface area contributed by atoms with Gasteiger partial charge in [0.2, 0.25) is 0 Å². The summed E-state index contributed by atoms with van der Waals surface area (Å²) in [6.07, 6.45) is -6.14. The Kier molecular flexibility index (Phi) is 8.66. The molecule has 1 aromatic rings. The minimum atomic E-state index is -4.66. The highest BCUT2D eigenvalue weighted by atomic mass is 19.4. The summed E-state index contributed by atoms with van der Waals surface area (Å²) in [6.45, 7) is 2.23. The Morgan fingerprint density at radius 3 is 2.23 bits per heavy atom. The number of alkyl carbamates (subject to hydrolysis) is 1. The molecule has 0 heterocycles. The first kappa shape index (κ1) is 19.8. The number of nitrogens with one attached hydrogen (secondary N) is 1. The van der Waals surface area contributed by atoms with E-state index in [2.05, 4.69) is 4.74 Å². The molecular weight excluding hydrogens is 303 g/mol. The molecule has 0 saturated heterocycles. The number of carboxylic acids is 1. The van der Waals surface area contributed by atoms with E-state index in [0.29, 0.717) is 5.56 Å². The first-order chi connectivity index (χ1) is 10.3. The molecule has 1 aromatic carbocycles. The fourth-order valence-corrected chi connectivity index (χ4v) is 1.38. The number of carbonyl (C=O) groups excluding carboxylic acids is 1. The van der Waals surface area contributed by atoms with Crippen molar-refractivity contribution in [2.24, 2.45) is 0 Å². The zero-order valence-electron chi connectivity index (χ0n) is 12.2. The van der Waals surface area contributed by atoms with E-state index in [0.717, 1.165) is 0 Å². The molecule has 124 valence electrons. The largest absolute Gasteiger partial charge is 0.480 e. The predicted molar refractivity (Wildman–Crippen MR) is 73.5 cm³/mol. The van der Waals surface area contributed by atoms with Crippen LogP contribution in [-0.2, 0) is 16.0 Å². The van der Waals surface area contributed by atoms with Crippen molar-refractivity contribution in [2.75, 3.05) is 6.61 Å². The summed E-state index contributed by atoms with van der Waals surface area (Å²) in [5.74, 6) is -1.36. The second-order valence-corrected chi connectivity index (χ2v) is 3.92. The average Bonchev–Trinajstić information content (AvgIpc) is 2.47. The maximum atomic E-state index is 11.8. The quantitative estimate of drug-likeness (QED) is 0.874.